The van der Waals surface area contributed by atoms with E-state index in [9.17, 15) is 10.2 Å². The summed E-state index contributed by atoms with van der Waals surface area (Å²) in [4.78, 5) is 0. The van der Waals surface area contributed by atoms with Crippen molar-refractivity contribution in [2.45, 2.75) is 43.9 Å². The lowest BCUT2D eigenvalue weighted by molar-refractivity contribution is 0.0220. The van der Waals surface area contributed by atoms with E-state index in [4.69, 9.17) is 16.3 Å². The summed E-state index contributed by atoms with van der Waals surface area (Å²) in [5.41, 5.74) is 0.833. The third kappa shape index (κ3) is 5.24. The minimum absolute atomic E-state index is 0.130. The summed E-state index contributed by atoms with van der Waals surface area (Å²) in [6.45, 7) is 1.31. The van der Waals surface area contributed by atoms with Gasteiger partial charge in [0.2, 0.25) is 0 Å². The number of β-amino-alcohol motifs (C(OH)–C–C–N with tert-alkyl or cyclic N) is 1. The average molecular weight is 314 g/mol. The lowest BCUT2D eigenvalue weighted by atomic mass is 9.99. The zero-order valence-electron chi connectivity index (χ0n) is 12.2. The molecular weight excluding hydrogens is 290 g/mol. The summed E-state index contributed by atoms with van der Waals surface area (Å²) in [7, 11) is 0. The summed E-state index contributed by atoms with van der Waals surface area (Å²) in [6.07, 6.45) is 3.65. The normalized spacial score (nSPS) is 18.8. The van der Waals surface area contributed by atoms with Crippen molar-refractivity contribution in [3.05, 3.63) is 34.9 Å². The molecule has 4 nitrogen and oxygen atoms in total. The maximum absolute atomic E-state index is 9.95. The van der Waals surface area contributed by atoms with Crippen LogP contribution < -0.4 is 5.32 Å². The molecule has 1 fully saturated rings. The molecule has 1 saturated carbocycles. The molecule has 0 aliphatic heterocycles. The molecule has 1 unspecified atom stereocenters. The molecule has 21 heavy (non-hydrogen) atoms. The zero-order chi connectivity index (χ0) is 15.1. The first-order valence-electron chi connectivity index (χ1n) is 7.50. The number of nitrogens with one attached hydrogen (secondary N) is 1. The average Bonchev–Trinajstić information content (AvgIpc) is 2.97. The van der Waals surface area contributed by atoms with Crippen LogP contribution in [0.2, 0.25) is 5.02 Å². The molecule has 3 N–H and O–H groups in total. The van der Waals surface area contributed by atoms with Crippen LogP contribution in [0.5, 0.6) is 0 Å². The largest absolute Gasteiger partial charge is 0.394 e. The summed E-state index contributed by atoms with van der Waals surface area (Å²) >= 11 is 5.82. The van der Waals surface area contributed by atoms with Gasteiger partial charge in [0.25, 0.3) is 0 Å². The molecule has 2 rings (SSSR count). The van der Waals surface area contributed by atoms with Crippen molar-refractivity contribution in [1.82, 2.24) is 5.32 Å². The van der Waals surface area contributed by atoms with Gasteiger partial charge in [-0.1, -0.05) is 36.6 Å². The summed E-state index contributed by atoms with van der Waals surface area (Å²) < 4.78 is 5.51. The molecule has 1 aliphatic rings. The van der Waals surface area contributed by atoms with E-state index in [1.165, 1.54) is 0 Å². The topological polar surface area (TPSA) is 61.7 Å². The van der Waals surface area contributed by atoms with Crippen LogP contribution in [0.4, 0.5) is 0 Å². The fourth-order valence-electron chi connectivity index (χ4n) is 2.73. The lowest BCUT2D eigenvalue weighted by Gasteiger charge is -2.29. The Kier molecular flexibility index (Phi) is 6.45. The van der Waals surface area contributed by atoms with E-state index < -0.39 is 6.10 Å². The van der Waals surface area contributed by atoms with Gasteiger partial charge in [0.05, 0.1) is 25.9 Å². The Bertz CT molecular complexity index is 418. The SMILES string of the molecule is OCC1(NCC(O)COCc2ccc(Cl)cc2)CCCC1. The molecular formula is C16H24ClNO3. The van der Waals surface area contributed by atoms with Gasteiger partial charge in [-0.2, -0.15) is 0 Å². The maximum Gasteiger partial charge on any atom is 0.0898 e. The first-order chi connectivity index (χ1) is 10.1. The van der Waals surface area contributed by atoms with Crippen molar-refractivity contribution in [2.24, 2.45) is 0 Å². The monoisotopic (exact) mass is 313 g/mol. The van der Waals surface area contributed by atoms with E-state index in [0.29, 0.717) is 18.2 Å². The quantitative estimate of drug-likeness (QED) is 0.688. The predicted octanol–water partition coefficient (Wildman–Crippen LogP) is 2.11. The van der Waals surface area contributed by atoms with Crippen LogP contribution in [0.1, 0.15) is 31.2 Å². The fraction of sp³-hybridized carbons (Fsp3) is 0.625. The Morgan fingerprint density at radius 1 is 1.24 bits per heavy atom. The number of aliphatic hydroxyl groups is 2. The zero-order valence-corrected chi connectivity index (χ0v) is 13.0. The van der Waals surface area contributed by atoms with Gasteiger partial charge in [0.15, 0.2) is 0 Å². The minimum Gasteiger partial charge on any atom is -0.394 e. The molecule has 118 valence electrons. The smallest absolute Gasteiger partial charge is 0.0898 e. The Hall–Kier alpha value is -0.650. The highest BCUT2D eigenvalue weighted by molar-refractivity contribution is 6.30. The molecule has 0 spiro atoms. The summed E-state index contributed by atoms with van der Waals surface area (Å²) in [5, 5.41) is 23.4. The number of hydrogen-bond acceptors (Lipinski definition) is 4. The molecule has 1 aliphatic carbocycles. The van der Waals surface area contributed by atoms with E-state index in [0.717, 1.165) is 31.2 Å². The van der Waals surface area contributed by atoms with Crippen molar-refractivity contribution in [3.63, 3.8) is 0 Å². The van der Waals surface area contributed by atoms with Gasteiger partial charge in [-0.15, -0.1) is 0 Å². The molecule has 1 aromatic carbocycles. The van der Waals surface area contributed by atoms with Gasteiger partial charge in [-0.05, 0) is 30.5 Å². The van der Waals surface area contributed by atoms with Crippen molar-refractivity contribution < 1.29 is 14.9 Å². The summed E-state index contributed by atoms with van der Waals surface area (Å²) in [5.74, 6) is 0. The first-order valence-corrected chi connectivity index (χ1v) is 7.87. The molecule has 0 bridgehead atoms. The Balaban J connectivity index is 1.65. The van der Waals surface area contributed by atoms with Crippen molar-refractivity contribution in [3.8, 4) is 0 Å². The van der Waals surface area contributed by atoms with Crippen LogP contribution in [0.15, 0.2) is 24.3 Å². The number of rotatable bonds is 8. The fourth-order valence-corrected chi connectivity index (χ4v) is 2.86. The summed E-state index contributed by atoms with van der Waals surface area (Å²) in [6, 6.07) is 7.46. The van der Waals surface area contributed by atoms with Crippen LogP contribution in [0.25, 0.3) is 0 Å². The third-order valence-corrected chi connectivity index (χ3v) is 4.32. The highest BCUT2D eigenvalue weighted by Gasteiger charge is 2.32. The maximum atomic E-state index is 9.95. The van der Waals surface area contributed by atoms with Crippen LogP contribution in [-0.2, 0) is 11.3 Å². The van der Waals surface area contributed by atoms with E-state index >= 15 is 0 Å². The van der Waals surface area contributed by atoms with E-state index in [-0.39, 0.29) is 18.8 Å². The lowest BCUT2D eigenvalue weighted by Crippen LogP contribution is -2.49. The van der Waals surface area contributed by atoms with Crippen molar-refractivity contribution in [1.29, 1.82) is 0 Å². The Morgan fingerprint density at radius 3 is 2.52 bits per heavy atom. The molecule has 0 radical (unpaired) electrons. The standard InChI is InChI=1S/C16H24ClNO3/c17-14-5-3-13(4-6-14)10-21-11-15(20)9-18-16(12-19)7-1-2-8-16/h3-6,15,18-20H,1-2,7-12H2. The minimum atomic E-state index is -0.568. The number of benzene rings is 1. The van der Waals surface area contributed by atoms with Gasteiger partial charge in [-0.25, -0.2) is 0 Å². The van der Waals surface area contributed by atoms with Gasteiger partial charge < -0.3 is 20.3 Å². The third-order valence-electron chi connectivity index (χ3n) is 4.07. The van der Waals surface area contributed by atoms with Crippen molar-refractivity contribution in [2.75, 3.05) is 19.8 Å². The van der Waals surface area contributed by atoms with E-state index in [1.54, 1.807) is 0 Å². The molecule has 1 atom stereocenters. The Morgan fingerprint density at radius 2 is 1.90 bits per heavy atom. The first kappa shape index (κ1) is 16.7. The van der Waals surface area contributed by atoms with Crippen molar-refractivity contribution >= 4 is 11.6 Å². The second-order valence-corrected chi connectivity index (χ2v) is 6.26. The van der Waals surface area contributed by atoms with Crippen LogP contribution in [0, 0.1) is 0 Å². The molecule has 0 saturated heterocycles. The van der Waals surface area contributed by atoms with Gasteiger partial charge >= 0.3 is 0 Å². The molecule has 1 aromatic rings. The number of hydrogen-bond donors (Lipinski definition) is 3. The second kappa shape index (κ2) is 8.11. The van der Waals surface area contributed by atoms with Gasteiger partial charge in [0, 0.05) is 17.1 Å². The van der Waals surface area contributed by atoms with E-state index in [1.807, 2.05) is 24.3 Å². The van der Waals surface area contributed by atoms with Gasteiger partial charge in [-0.3, -0.25) is 0 Å². The van der Waals surface area contributed by atoms with Crippen LogP contribution >= 0.6 is 11.6 Å². The van der Waals surface area contributed by atoms with Crippen LogP contribution in [-0.4, -0.2) is 41.6 Å². The predicted molar refractivity (Wildman–Crippen MR) is 83.4 cm³/mol. The second-order valence-electron chi connectivity index (χ2n) is 5.82. The highest BCUT2D eigenvalue weighted by atomic mass is 35.5. The number of halogens is 1. The molecule has 5 heteroatoms. The van der Waals surface area contributed by atoms with Crippen LogP contribution in [0.3, 0.4) is 0 Å². The Labute approximate surface area is 131 Å². The highest BCUT2D eigenvalue weighted by Crippen LogP contribution is 2.28. The number of aliphatic hydroxyl groups excluding tert-OH is 2. The molecule has 0 heterocycles. The molecule has 0 aromatic heterocycles. The number of ether oxygens (including phenoxy) is 1. The molecule has 0 amide bonds. The van der Waals surface area contributed by atoms with E-state index in [2.05, 4.69) is 5.32 Å². The van der Waals surface area contributed by atoms with Gasteiger partial charge in [0.1, 0.15) is 0 Å².